The molecule has 37 heavy (non-hydrogen) atoms. The molecule has 0 bridgehead atoms. The highest BCUT2D eigenvalue weighted by Gasteiger charge is 2.15. The number of anilines is 1. The van der Waals surface area contributed by atoms with Crippen molar-refractivity contribution in [2.75, 3.05) is 31.6 Å². The zero-order chi connectivity index (χ0) is 25.9. The lowest BCUT2D eigenvalue weighted by Gasteiger charge is -2.23. The number of nitrogens with zero attached hydrogens (tertiary/aromatic N) is 1. The fourth-order valence-corrected chi connectivity index (χ4v) is 4.32. The SMILES string of the molecule is O=C(/C=C/c1ccc(CN(CCOC(=O)Nc2ccccc2)CCC2=CCc3ccccc32)cc1)CO. The van der Waals surface area contributed by atoms with Crippen molar-refractivity contribution >= 4 is 29.2 Å². The lowest BCUT2D eigenvalue weighted by Crippen LogP contribution is -2.30. The van der Waals surface area contributed by atoms with Crippen molar-refractivity contribution in [2.24, 2.45) is 0 Å². The van der Waals surface area contributed by atoms with Gasteiger partial charge in [-0.1, -0.05) is 78.9 Å². The number of hydrogen-bond acceptors (Lipinski definition) is 5. The Hall–Kier alpha value is -4.00. The van der Waals surface area contributed by atoms with E-state index in [1.54, 1.807) is 6.08 Å². The second-order valence-corrected chi connectivity index (χ2v) is 8.94. The number of hydrogen-bond donors (Lipinski definition) is 2. The van der Waals surface area contributed by atoms with Crippen LogP contribution in [0.25, 0.3) is 11.6 Å². The van der Waals surface area contributed by atoms with E-state index in [1.165, 1.54) is 22.8 Å². The van der Waals surface area contributed by atoms with Crippen LogP contribution in [0.15, 0.2) is 91.0 Å². The number of nitrogens with one attached hydrogen (secondary N) is 1. The van der Waals surface area contributed by atoms with Crippen molar-refractivity contribution in [3.05, 3.63) is 113 Å². The maximum absolute atomic E-state index is 12.2. The van der Waals surface area contributed by atoms with Crippen LogP contribution in [0.5, 0.6) is 0 Å². The maximum Gasteiger partial charge on any atom is 0.411 e. The molecule has 0 aromatic heterocycles. The highest BCUT2D eigenvalue weighted by atomic mass is 16.5. The molecule has 0 spiro atoms. The first-order chi connectivity index (χ1) is 18.1. The monoisotopic (exact) mass is 496 g/mol. The van der Waals surface area contributed by atoms with E-state index in [9.17, 15) is 9.59 Å². The Morgan fingerprint density at radius 1 is 0.946 bits per heavy atom. The molecule has 0 aliphatic heterocycles. The van der Waals surface area contributed by atoms with Gasteiger partial charge in [-0.3, -0.25) is 15.0 Å². The summed E-state index contributed by atoms with van der Waals surface area (Å²) in [6.45, 7) is 1.92. The van der Waals surface area contributed by atoms with E-state index in [0.717, 1.165) is 30.5 Å². The van der Waals surface area contributed by atoms with Gasteiger partial charge in [0, 0.05) is 25.3 Å². The topological polar surface area (TPSA) is 78.9 Å². The van der Waals surface area contributed by atoms with Gasteiger partial charge in [-0.15, -0.1) is 0 Å². The Kier molecular flexibility index (Phi) is 9.41. The summed E-state index contributed by atoms with van der Waals surface area (Å²) < 4.78 is 5.46. The Balaban J connectivity index is 1.35. The number of carbonyl (C=O) groups excluding carboxylic acids is 2. The number of benzene rings is 3. The van der Waals surface area contributed by atoms with E-state index < -0.39 is 12.7 Å². The number of para-hydroxylation sites is 1. The molecule has 0 saturated carbocycles. The van der Waals surface area contributed by atoms with Crippen molar-refractivity contribution in [3.63, 3.8) is 0 Å². The van der Waals surface area contributed by atoms with Gasteiger partial charge >= 0.3 is 6.09 Å². The van der Waals surface area contributed by atoms with Crippen LogP contribution in [-0.4, -0.2) is 48.2 Å². The summed E-state index contributed by atoms with van der Waals surface area (Å²) in [4.78, 5) is 25.8. The number of aliphatic hydroxyl groups is 1. The molecule has 6 nitrogen and oxygen atoms in total. The average molecular weight is 497 g/mol. The van der Waals surface area contributed by atoms with Crippen LogP contribution < -0.4 is 5.32 Å². The minimum absolute atomic E-state index is 0.276. The van der Waals surface area contributed by atoms with Gasteiger partial charge < -0.3 is 9.84 Å². The first-order valence-corrected chi connectivity index (χ1v) is 12.5. The number of carbonyl (C=O) groups is 2. The number of amides is 1. The van der Waals surface area contributed by atoms with Crippen molar-refractivity contribution in [2.45, 2.75) is 19.4 Å². The maximum atomic E-state index is 12.2. The van der Waals surface area contributed by atoms with Crippen molar-refractivity contribution in [1.29, 1.82) is 0 Å². The van der Waals surface area contributed by atoms with Gasteiger partial charge in [0.2, 0.25) is 0 Å². The highest BCUT2D eigenvalue weighted by Crippen LogP contribution is 2.29. The molecular weight excluding hydrogens is 464 g/mol. The molecule has 1 amide bonds. The standard InChI is InChI=1S/C31H32N2O4/c34-23-29(35)17-14-24-10-12-25(13-11-24)22-33(19-18-27-16-15-26-6-4-5-9-30(26)27)20-21-37-31(36)32-28-7-2-1-3-8-28/h1-14,16-17,34H,15,18-23H2,(H,32,36)/b17-14+. The summed E-state index contributed by atoms with van der Waals surface area (Å²) >= 11 is 0. The van der Waals surface area contributed by atoms with Gasteiger partial charge in [-0.2, -0.15) is 0 Å². The van der Waals surface area contributed by atoms with E-state index in [2.05, 4.69) is 40.6 Å². The Labute approximate surface area is 217 Å². The van der Waals surface area contributed by atoms with E-state index in [0.29, 0.717) is 18.8 Å². The Bertz CT molecular complexity index is 1250. The van der Waals surface area contributed by atoms with Crippen LogP contribution in [0.2, 0.25) is 0 Å². The summed E-state index contributed by atoms with van der Waals surface area (Å²) in [5.41, 5.74) is 6.78. The number of allylic oxidation sites excluding steroid dienone is 1. The Morgan fingerprint density at radius 2 is 1.70 bits per heavy atom. The summed E-state index contributed by atoms with van der Waals surface area (Å²) in [6, 6.07) is 25.7. The lowest BCUT2D eigenvalue weighted by atomic mass is 10.0. The number of ketones is 1. The van der Waals surface area contributed by atoms with Gasteiger partial charge in [0.05, 0.1) is 0 Å². The molecule has 0 unspecified atom stereocenters. The molecule has 0 fully saturated rings. The molecule has 2 N–H and O–H groups in total. The third kappa shape index (κ3) is 8.00. The third-order valence-electron chi connectivity index (χ3n) is 6.29. The second kappa shape index (κ2) is 13.3. The van der Waals surface area contributed by atoms with Gasteiger partial charge in [-0.05, 0) is 58.9 Å². The van der Waals surface area contributed by atoms with Gasteiger partial charge in [0.1, 0.15) is 13.2 Å². The number of ether oxygens (including phenoxy) is 1. The molecule has 1 aliphatic rings. The molecule has 0 radical (unpaired) electrons. The predicted octanol–water partition coefficient (Wildman–Crippen LogP) is 5.34. The summed E-state index contributed by atoms with van der Waals surface area (Å²) in [5.74, 6) is -0.325. The molecular formula is C31H32N2O4. The van der Waals surface area contributed by atoms with E-state index >= 15 is 0 Å². The van der Waals surface area contributed by atoms with E-state index in [-0.39, 0.29) is 12.4 Å². The fourth-order valence-electron chi connectivity index (χ4n) is 4.32. The summed E-state index contributed by atoms with van der Waals surface area (Å²) in [7, 11) is 0. The van der Waals surface area contributed by atoms with Gasteiger partial charge in [0.15, 0.2) is 5.78 Å². The normalized spacial score (nSPS) is 12.4. The molecule has 4 rings (SSSR count). The van der Waals surface area contributed by atoms with Crippen molar-refractivity contribution in [3.8, 4) is 0 Å². The number of rotatable bonds is 12. The summed E-state index contributed by atoms with van der Waals surface area (Å²) in [5, 5.41) is 11.6. The first kappa shape index (κ1) is 26.1. The number of fused-ring (bicyclic) bond motifs is 1. The smallest absolute Gasteiger partial charge is 0.411 e. The molecule has 0 heterocycles. The minimum atomic E-state index is -0.490. The minimum Gasteiger partial charge on any atom is -0.448 e. The molecule has 3 aromatic rings. The van der Waals surface area contributed by atoms with Crippen LogP contribution in [0.4, 0.5) is 10.5 Å². The summed E-state index contributed by atoms with van der Waals surface area (Å²) in [6.07, 6.45) is 6.81. The quantitative estimate of drug-likeness (QED) is 0.331. The van der Waals surface area contributed by atoms with Crippen LogP contribution in [0, 0.1) is 0 Å². The van der Waals surface area contributed by atoms with Gasteiger partial charge in [0.25, 0.3) is 0 Å². The van der Waals surface area contributed by atoms with Crippen LogP contribution in [0.1, 0.15) is 28.7 Å². The van der Waals surface area contributed by atoms with Crippen LogP contribution in [-0.2, 0) is 22.5 Å². The second-order valence-electron chi connectivity index (χ2n) is 8.94. The van der Waals surface area contributed by atoms with Crippen LogP contribution in [0.3, 0.4) is 0 Å². The molecule has 0 atom stereocenters. The zero-order valence-electron chi connectivity index (χ0n) is 20.8. The van der Waals surface area contributed by atoms with E-state index in [1.807, 2.05) is 54.6 Å². The molecule has 190 valence electrons. The molecule has 1 aliphatic carbocycles. The van der Waals surface area contributed by atoms with E-state index in [4.69, 9.17) is 9.84 Å². The lowest BCUT2D eigenvalue weighted by molar-refractivity contribution is -0.117. The fraction of sp³-hybridized carbons (Fsp3) is 0.226. The average Bonchev–Trinajstić information content (AvgIpc) is 3.34. The Morgan fingerprint density at radius 3 is 2.49 bits per heavy atom. The van der Waals surface area contributed by atoms with Crippen LogP contribution >= 0.6 is 0 Å². The van der Waals surface area contributed by atoms with Gasteiger partial charge in [-0.25, -0.2) is 4.79 Å². The third-order valence-corrected chi connectivity index (χ3v) is 6.29. The zero-order valence-corrected chi connectivity index (χ0v) is 20.8. The predicted molar refractivity (Wildman–Crippen MR) is 147 cm³/mol. The largest absolute Gasteiger partial charge is 0.448 e. The molecule has 0 saturated heterocycles. The number of aliphatic hydroxyl groups excluding tert-OH is 1. The molecule has 6 heteroatoms. The molecule has 3 aromatic carbocycles. The highest BCUT2D eigenvalue weighted by molar-refractivity contribution is 5.94. The first-order valence-electron chi connectivity index (χ1n) is 12.5. The van der Waals surface area contributed by atoms with Crippen molar-refractivity contribution < 1.29 is 19.4 Å². The van der Waals surface area contributed by atoms with Crippen molar-refractivity contribution in [1.82, 2.24) is 4.90 Å².